The normalized spacial score (nSPS) is 11.5. The van der Waals surface area contributed by atoms with Crippen LogP contribution in [0, 0.1) is 11.6 Å². The van der Waals surface area contributed by atoms with Crippen LogP contribution in [-0.2, 0) is 21.2 Å². The van der Waals surface area contributed by atoms with E-state index < -0.39 is 27.6 Å². The number of hydrogen-bond donors (Lipinski definition) is 1. The Kier molecular flexibility index (Phi) is 6.50. The van der Waals surface area contributed by atoms with Crippen molar-refractivity contribution < 1.29 is 26.7 Å². The molecule has 0 saturated heterocycles. The first-order chi connectivity index (χ1) is 12.6. The Morgan fingerprint density at radius 2 is 1.81 bits per heavy atom. The zero-order valence-corrected chi connectivity index (χ0v) is 15.9. The van der Waals surface area contributed by atoms with Gasteiger partial charge in [0.25, 0.3) is 0 Å². The van der Waals surface area contributed by atoms with Gasteiger partial charge in [0.15, 0.2) is 11.6 Å². The number of sulfonamides is 1. The molecule has 1 amide bonds. The van der Waals surface area contributed by atoms with Crippen LogP contribution >= 0.6 is 0 Å². The number of carbonyl (C=O) groups excluding carboxylic acids is 1. The Labute approximate surface area is 156 Å². The van der Waals surface area contributed by atoms with E-state index >= 15 is 0 Å². The lowest BCUT2D eigenvalue weighted by atomic mass is 10.1. The van der Waals surface area contributed by atoms with E-state index in [1.807, 2.05) is 0 Å². The van der Waals surface area contributed by atoms with Crippen molar-refractivity contribution in [2.24, 2.45) is 0 Å². The van der Waals surface area contributed by atoms with Crippen molar-refractivity contribution in [3.05, 3.63) is 53.6 Å². The van der Waals surface area contributed by atoms with Gasteiger partial charge in [-0.25, -0.2) is 21.5 Å². The highest BCUT2D eigenvalue weighted by Crippen LogP contribution is 2.28. The summed E-state index contributed by atoms with van der Waals surface area (Å²) >= 11 is 0. The highest BCUT2D eigenvalue weighted by Gasteiger charge is 2.20. The first-order valence-electron chi connectivity index (χ1n) is 7.99. The Hall–Kier alpha value is -2.52. The average molecular weight is 398 g/mol. The van der Waals surface area contributed by atoms with Crippen LogP contribution in [0.2, 0.25) is 0 Å². The minimum atomic E-state index is -3.67. The molecular formula is C18H20F2N2O4S. The number of anilines is 1. The van der Waals surface area contributed by atoms with E-state index in [-0.39, 0.29) is 23.4 Å². The third-order valence-electron chi connectivity index (χ3n) is 3.85. The van der Waals surface area contributed by atoms with E-state index in [9.17, 15) is 22.0 Å². The van der Waals surface area contributed by atoms with Gasteiger partial charge in [-0.3, -0.25) is 4.79 Å². The summed E-state index contributed by atoms with van der Waals surface area (Å²) in [6.07, 6.45) is 0.194. The maximum absolute atomic E-state index is 13.2. The summed E-state index contributed by atoms with van der Waals surface area (Å²) in [5.74, 6) is -2.05. The van der Waals surface area contributed by atoms with Crippen molar-refractivity contribution in [3.8, 4) is 5.75 Å². The predicted molar refractivity (Wildman–Crippen MR) is 97.2 cm³/mol. The fraction of sp³-hybridized carbons (Fsp3) is 0.278. The zero-order chi connectivity index (χ0) is 20.2. The monoisotopic (exact) mass is 398 g/mol. The van der Waals surface area contributed by atoms with E-state index in [4.69, 9.17) is 4.74 Å². The number of amides is 1. The van der Waals surface area contributed by atoms with Crippen LogP contribution < -0.4 is 10.1 Å². The molecule has 0 aliphatic carbocycles. The Morgan fingerprint density at radius 3 is 2.41 bits per heavy atom. The van der Waals surface area contributed by atoms with Crippen molar-refractivity contribution in [3.63, 3.8) is 0 Å². The van der Waals surface area contributed by atoms with E-state index in [1.54, 1.807) is 0 Å². The van der Waals surface area contributed by atoms with Gasteiger partial charge in [-0.2, -0.15) is 0 Å². The molecule has 2 aromatic rings. The standard InChI is InChI=1S/C18H20F2N2O4S/c1-22(2)27(24,25)13-6-8-17(26-3)16(11-13)21-18(23)9-5-12-4-7-14(19)15(20)10-12/h4,6-8,10-11H,5,9H2,1-3H3,(H,21,23). The van der Waals surface area contributed by atoms with E-state index in [0.29, 0.717) is 11.3 Å². The number of hydrogen-bond acceptors (Lipinski definition) is 4. The lowest BCUT2D eigenvalue weighted by Gasteiger charge is -2.15. The molecule has 0 saturated carbocycles. The van der Waals surface area contributed by atoms with Gasteiger partial charge in [-0.1, -0.05) is 6.07 Å². The molecule has 0 aromatic heterocycles. The van der Waals surface area contributed by atoms with Crippen LogP contribution in [0.25, 0.3) is 0 Å². The van der Waals surface area contributed by atoms with Crippen molar-refractivity contribution in [2.45, 2.75) is 17.7 Å². The quantitative estimate of drug-likeness (QED) is 0.778. The number of rotatable bonds is 7. The van der Waals surface area contributed by atoms with Gasteiger partial charge in [0, 0.05) is 20.5 Å². The second-order valence-corrected chi connectivity index (χ2v) is 8.10. The number of methoxy groups -OCH3 is 1. The van der Waals surface area contributed by atoms with E-state index in [1.165, 1.54) is 45.5 Å². The lowest BCUT2D eigenvalue weighted by Crippen LogP contribution is -2.22. The molecule has 2 aromatic carbocycles. The fourth-order valence-electron chi connectivity index (χ4n) is 2.32. The number of nitrogens with one attached hydrogen (secondary N) is 1. The molecule has 2 rings (SSSR count). The van der Waals surface area contributed by atoms with Gasteiger partial charge >= 0.3 is 0 Å². The summed E-state index contributed by atoms with van der Waals surface area (Å²) in [5.41, 5.74) is 0.677. The number of aryl methyl sites for hydroxylation is 1. The molecule has 1 N–H and O–H groups in total. The average Bonchev–Trinajstić information content (AvgIpc) is 2.62. The van der Waals surface area contributed by atoms with Gasteiger partial charge in [0.2, 0.25) is 15.9 Å². The number of ether oxygens (including phenoxy) is 1. The van der Waals surface area contributed by atoms with Crippen LogP contribution in [0.5, 0.6) is 5.75 Å². The molecule has 0 radical (unpaired) electrons. The smallest absolute Gasteiger partial charge is 0.242 e. The van der Waals surface area contributed by atoms with Crippen LogP contribution in [0.3, 0.4) is 0 Å². The third-order valence-corrected chi connectivity index (χ3v) is 5.66. The first-order valence-corrected chi connectivity index (χ1v) is 9.43. The van der Waals surface area contributed by atoms with Gasteiger partial charge < -0.3 is 10.1 Å². The highest BCUT2D eigenvalue weighted by atomic mass is 32.2. The Morgan fingerprint density at radius 1 is 1.11 bits per heavy atom. The van der Waals surface area contributed by atoms with Crippen molar-refractivity contribution in [1.29, 1.82) is 0 Å². The van der Waals surface area contributed by atoms with Gasteiger partial charge in [-0.05, 0) is 42.3 Å². The summed E-state index contributed by atoms with van der Waals surface area (Å²) in [6.45, 7) is 0. The molecule has 146 valence electrons. The predicted octanol–water partition coefficient (Wildman–Crippen LogP) is 2.80. The van der Waals surface area contributed by atoms with E-state index in [2.05, 4.69) is 5.32 Å². The largest absolute Gasteiger partial charge is 0.495 e. The van der Waals surface area contributed by atoms with Gasteiger partial charge in [-0.15, -0.1) is 0 Å². The molecule has 0 heterocycles. The molecule has 0 bridgehead atoms. The van der Waals surface area contributed by atoms with Crippen molar-refractivity contribution in [2.75, 3.05) is 26.5 Å². The van der Waals surface area contributed by atoms with Crippen molar-refractivity contribution in [1.82, 2.24) is 4.31 Å². The second-order valence-electron chi connectivity index (χ2n) is 5.95. The molecule has 27 heavy (non-hydrogen) atoms. The summed E-state index contributed by atoms with van der Waals surface area (Å²) in [6, 6.07) is 7.57. The molecule has 0 unspecified atom stereocenters. The minimum absolute atomic E-state index is 0.00111. The van der Waals surface area contributed by atoms with Crippen LogP contribution in [0.4, 0.5) is 14.5 Å². The molecule has 9 heteroatoms. The minimum Gasteiger partial charge on any atom is -0.495 e. The zero-order valence-electron chi connectivity index (χ0n) is 15.1. The molecule has 0 aliphatic heterocycles. The number of carbonyl (C=O) groups is 1. The Balaban J connectivity index is 2.15. The fourth-order valence-corrected chi connectivity index (χ4v) is 3.25. The van der Waals surface area contributed by atoms with Crippen LogP contribution in [0.15, 0.2) is 41.3 Å². The molecule has 0 atom stereocenters. The molecular weight excluding hydrogens is 378 g/mol. The molecule has 0 aliphatic rings. The number of nitrogens with zero attached hydrogens (tertiary/aromatic N) is 1. The SMILES string of the molecule is COc1ccc(S(=O)(=O)N(C)C)cc1NC(=O)CCc1ccc(F)c(F)c1. The lowest BCUT2D eigenvalue weighted by molar-refractivity contribution is -0.116. The topological polar surface area (TPSA) is 75.7 Å². The maximum Gasteiger partial charge on any atom is 0.242 e. The van der Waals surface area contributed by atoms with Crippen molar-refractivity contribution >= 4 is 21.6 Å². The van der Waals surface area contributed by atoms with Crippen LogP contribution in [0.1, 0.15) is 12.0 Å². The molecule has 6 nitrogen and oxygen atoms in total. The number of benzene rings is 2. The Bertz CT molecular complexity index is 946. The van der Waals surface area contributed by atoms with Gasteiger partial charge in [0.05, 0.1) is 17.7 Å². The second kappa shape index (κ2) is 8.45. The highest BCUT2D eigenvalue weighted by molar-refractivity contribution is 7.89. The van der Waals surface area contributed by atoms with Crippen LogP contribution in [-0.4, -0.2) is 39.8 Å². The molecule has 0 fully saturated rings. The summed E-state index contributed by atoms with van der Waals surface area (Å²) in [5, 5.41) is 2.59. The van der Waals surface area contributed by atoms with E-state index in [0.717, 1.165) is 16.4 Å². The first kappa shape index (κ1) is 20.8. The number of halogens is 2. The maximum atomic E-state index is 13.2. The summed E-state index contributed by atoms with van der Waals surface area (Å²) < 4.78 is 56.9. The molecule has 0 spiro atoms. The summed E-state index contributed by atoms with van der Waals surface area (Å²) in [7, 11) is 0.525. The summed E-state index contributed by atoms with van der Waals surface area (Å²) in [4.78, 5) is 12.2. The van der Waals surface area contributed by atoms with Gasteiger partial charge in [0.1, 0.15) is 5.75 Å². The third kappa shape index (κ3) is 5.01.